The predicted octanol–water partition coefficient (Wildman–Crippen LogP) is 4.60. The fraction of sp³-hybridized carbons (Fsp3) is 0.556. The molecule has 0 aliphatic carbocycles. The number of methoxy groups -OCH3 is 1. The van der Waals surface area contributed by atoms with E-state index in [1.54, 1.807) is 7.11 Å². The van der Waals surface area contributed by atoms with Gasteiger partial charge in [0.1, 0.15) is 0 Å². The van der Waals surface area contributed by atoms with Gasteiger partial charge in [0.05, 0.1) is 18.8 Å². The molecule has 2 nitrogen and oxygen atoms in total. The summed E-state index contributed by atoms with van der Waals surface area (Å²) in [4.78, 5) is 0. The van der Waals surface area contributed by atoms with Crippen LogP contribution in [0.25, 0.3) is 0 Å². The molecule has 0 radical (unpaired) electrons. The first kappa shape index (κ1) is 16.9. The Morgan fingerprint density at radius 2 is 1.85 bits per heavy atom. The van der Waals surface area contributed by atoms with Gasteiger partial charge in [-0.05, 0) is 30.7 Å². The molecule has 0 N–H and O–H groups in total. The van der Waals surface area contributed by atoms with E-state index in [1.165, 1.54) is 5.56 Å². The maximum Gasteiger partial charge on any atom is 0.0720 e. The van der Waals surface area contributed by atoms with Crippen molar-refractivity contribution in [1.82, 2.24) is 0 Å². The maximum atomic E-state index is 6.02. The van der Waals surface area contributed by atoms with Gasteiger partial charge in [0.2, 0.25) is 0 Å². The molecule has 0 heterocycles. The molecule has 0 aliphatic heterocycles. The van der Waals surface area contributed by atoms with E-state index in [0.29, 0.717) is 18.6 Å². The summed E-state index contributed by atoms with van der Waals surface area (Å²) in [5.74, 6) is 0.540. The molecule has 0 aromatic heterocycles. The van der Waals surface area contributed by atoms with E-state index in [4.69, 9.17) is 9.47 Å². The zero-order valence-electron chi connectivity index (χ0n) is 13.0. The van der Waals surface area contributed by atoms with Crippen molar-refractivity contribution in [2.24, 2.45) is 5.92 Å². The molecular formula is C18H28O2. The number of rotatable bonds is 10. The van der Waals surface area contributed by atoms with Gasteiger partial charge in [-0.25, -0.2) is 0 Å². The van der Waals surface area contributed by atoms with Crippen LogP contribution in [0.4, 0.5) is 0 Å². The summed E-state index contributed by atoms with van der Waals surface area (Å²) in [6.45, 7) is 8.88. The van der Waals surface area contributed by atoms with Crippen LogP contribution < -0.4 is 0 Å². The van der Waals surface area contributed by atoms with E-state index in [-0.39, 0.29) is 6.10 Å². The van der Waals surface area contributed by atoms with Crippen molar-refractivity contribution >= 4 is 0 Å². The Bertz CT molecular complexity index is 359. The standard InChI is InChI=1S/C18H28O2/c1-5-9-17(12-13-18(19-4)15(2)3)20-14-16-10-7-6-8-11-16/h5-8,10-11,15,17-18H,1,9,12-14H2,2-4H3/t17-,18+/m1/s1. The minimum absolute atomic E-state index is 0.226. The highest BCUT2D eigenvalue weighted by Gasteiger charge is 2.15. The van der Waals surface area contributed by atoms with Crippen LogP contribution >= 0.6 is 0 Å². The van der Waals surface area contributed by atoms with Gasteiger partial charge in [0.25, 0.3) is 0 Å². The van der Waals surface area contributed by atoms with Crippen LogP contribution in [0.2, 0.25) is 0 Å². The molecule has 20 heavy (non-hydrogen) atoms. The third-order valence-electron chi connectivity index (χ3n) is 3.58. The van der Waals surface area contributed by atoms with Gasteiger partial charge in [-0.2, -0.15) is 0 Å². The molecule has 0 unspecified atom stereocenters. The Balaban J connectivity index is 2.41. The number of benzene rings is 1. The topological polar surface area (TPSA) is 18.5 Å². The summed E-state index contributed by atoms with van der Waals surface area (Å²) in [6, 6.07) is 10.3. The van der Waals surface area contributed by atoms with E-state index in [2.05, 4.69) is 32.6 Å². The predicted molar refractivity (Wildman–Crippen MR) is 84.7 cm³/mol. The maximum absolute atomic E-state index is 6.02. The fourth-order valence-corrected chi connectivity index (χ4v) is 2.32. The lowest BCUT2D eigenvalue weighted by Crippen LogP contribution is -2.21. The number of hydrogen-bond acceptors (Lipinski definition) is 2. The summed E-state index contributed by atoms with van der Waals surface area (Å²) in [6.07, 6.45) is 5.40. The molecule has 0 saturated heterocycles. The first-order valence-electron chi connectivity index (χ1n) is 7.46. The second kappa shape index (κ2) is 9.73. The molecule has 112 valence electrons. The Morgan fingerprint density at radius 3 is 2.40 bits per heavy atom. The molecule has 0 saturated carbocycles. The molecule has 0 spiro atoms. The van der Waals surface area contributed by atoms with Crippen LogP contribution in [0.5, 0.6) is 0 Å². The number of hydrogen-bond donors (Lipinski definition) is 0. The smallest absolute Gasteiger partial charge is 0.0720 e. The molecule has 2 atom stereocenters. The average Bonchev–Trinajstić information content (AvgIpc) is 2.46. The number of ether oxygens (including phenoxy) is 2. The van der Waals surface area contributed by atoms with E-state index < -0.39 is 0 Å². The summed E-state index contributed by atoms with van der Waals surface area (Å²) in [7, 11) is 1.79. The van der Waals surface area contributed by atoms with Crippen molar-refractivity contribution in [3.8, 4) is 0 Å². The third-order valence-corrected chi connectivity index (χ3v) is 3.58. The summed E-state index contributed by atoms with van der Waals surface area (Å²) < 4.78 is 11.5. The largest absolute Gasteiger partial charge is 0.381 e. The van der Waals surface area contributed by atoms with Gasteiger partial charge in [0, 0.05) is 7.11 Å². The molecule has 1 rings (SSSR count). The molecule has 0 amide bonds. The Morgan fingerprint density at radius 1 is 1.15 bits per heavy atom. The van der Waals surface area contributed by atoms with Crippen molar-refractivity contribution in [3.05, 3.63) is 48.6 Å². The van der Waals surface area contributed by atoms with E-state index in [1.807, 2.05) is 24.3 Å². The highest BCUT2D eigenvalue weighted by molar-refractivity contribution is 5.13. The third kappa shape index (κ3) is 6.36. The molecule has 0 aliphatic rings. The van der Waals surface area contributed by atoms with E-state index in [9.17, 15) is 0 Å². The molecule has 1 aromatic carbocycles. The minimum atomic E-state index is 0.226. The van der Waals surface area contributed by atoms with Gasteiger partial charge in [-0.15, -0.1) is 6.58 Å². The van der Waals surface area contributed by atoms with Gasteiger partial charge >= 0.3 is 0 Å². The van der Waals surface area contributed by atoms with Crippen LogP contribution in [0.3, 0.4) is 0 Å². The zero-order valence-corrected chi connectivity index (χ0v) is 13.0. The second-order valence-electron chi connectivity index (χ2n) is 5.54. The van der Waals surface area contributed by atoms with Crippen molar-refractivity contribution in [2.45, 2.75) is 51.9 Å². The van der Waals surface area contributed by atoms with Crippen LogP contribution in [0.1, 0.15) is 38.7 Å². The lowest BCUT2D eigenvalue weighted by atomic mass is 9.99. The summed E-state index contributed by atoms with van der Waals surface area (Å²) >= 11 is 0. The molecule has 1 aromatic rings. The quantitative estimate of drug-likeness (QED) is 0.581. The Labute approximate surface area is 123 Å². The first-order valence-corrected chi connectivity index (χ1v) is 7.46. The van der Waals surface area contributed by atoms with Gasteiger partial charge < -0.3 is 9.47 Å². The van der Waals surface area contributed by atoms with Crippen LogP contribution in [0, 0.1) is 5.92 Å². The summed E-state index contributed by atoms with van der Waals surface area (Å²) in [5.41, 5.74) is 1.22. The molecular weight excluding hydrogens is 248 g/mol. The van der Waals surface area contributed by atoms with E-state index in [0.717, 1.165) is 19.3 Å². The summed E-state index contributed by atoms with van der Waals surface area (Å²) in [5, 5.41) is 0. The lowest BCUT2D eigenvalue weighted by molar-refractivity contribution is 0.00848. The first-order chi connectivity index (χ1) is 9.67. The van der Waals surface area contributed by atoms with Gasteiger partial charge in [-0.3, -0.25) is 0 Å². The highest BCUT2D eigenvalue weighted by atomic mass is 16.5. The average molecular weight is 276 g/mol. The Kier molecular flexibility index (Phi) is 8.24. The van der Waals surface area contributed by atoms with Crippen molar-refractivity contribution in [2.75, 3.05) is 7.11 Å². The van der Waals surface area contributed by atoms with Gasteiger partial charge in [-0.1, -0.05) is 50.3 Å². The van der Waals surface area contributed by atoms with Crippen molar-refractivity contribution < 1.29 is 9.47 Å². The second-order valence-corrected chi connectivity index (χ2v) is 5.54. The van der Waals surface area contributed by atoms with Crippen LogP contribution in [-0.4, -0.2) is 19.3 Å². The lowest BCUT2D eigenvalue weighted by Gasteiger charge is -2.22. The van der Waals surface area contributed by atoms with E-state index >= 15 is 0 Å². The molecule has 0 fully saturated rings. The van der Waals surface area contributed by atoms with Crippen LogP contribution in [-0.2, 0) is 16.1 Å². The van der Waals surface area contributed by atoms with Gasteiger partial charge in [0.15, 0.2) is 0 Å². The minimum Gasteiger partial charge on any atom is -0.381 e. The molecule has 2 heteroatoms. The molecule has 0 bridgehead atoms. The fourth-order valence-electron chi connectivity index (χ4n) is 2.32. The van der Waals surface area contributed by atoms with Crippen LogP contribution in [0.15, 0.2) is 43.0 Å². The van der Waals surface area contributed by atoms with Crippen molar-refractivity contribution in [3.63, 3.8) is 0 Å². The Hall–Kier alpha value is -1.12. The zero-order chi connectivity index (χ0) is 14.8. The monoisotopic (exact) mass is 276 g/mol. The van der Waals surface area contributed by atoms with Crippen molar-refractivity contribution in [1.29, 1.82) is 0 Å². The highest BCUT2D eigenvalue weighted by Crippen LogP contribution is 2.17. The SMILES string of the molecule is C=CC[C@H](CC[C@H](OC)C(C)C)OCc1ccccc1. The normalized spacial score (nSPS) is 14.2.